The van der Waals surface area contributed by atoms with Gasteiger partial charge in [0.1, 0.15) is 5.75 Å². The van der Waals surface area contributed by atoms with Crippen molar-refractivity contribution < 1.29 is 14.1 Å². The molecule has 1 saturated heterocycles. The molecule has 1 N–H and O–H groups in total. The van der Waals surface area contributed by atoms with Crippen LogP contribution >= 0.6 is 11.3 Å². The Hall–Kier alpha value is -2.71. The number of hydrogen-bond donors (Lipinski definition) is 1. The van der Waals surface area contributed by atoms with E-state index in [0.29, 0.717) is 18.3 Å². The Morgan fingerprint density at radius 2 is 2.13 bits per heavy atom. The highest BCUT2D eigenvalue weighted by Crippen LogP contribution is 2.24. The van der Waals surface area contributed by atoms with Gasteiger partial charge in [-0.1, -0.05) is 17.3 Å². The second-order valence-corrected chi connectivity index (χ2v) is 8.67. The van der Waals surface area contributed by atoms with Crippen LogP contribution in [0.25, 0.3) is 10.7 Å². The van der Waals surface area contributed by atoms with Crippen molar-refractivity contribution in [1.29, 1.82) is 0 Å². The largest absolute Gasteiger partial charge is 0.491 e. The van der Waals surface area contributed by atoms with Gasteiger partial charge in [0.15, 0.2) is 0 Å². The lowest BCUT2D eigenvalue weighted by Crippen LogP contribution is -2.37. The van der Waals surface area contributed by atoms with Gasteiger partial charge in [0.05, 0.1) is 17.5 Å². The second kappa shape index (κ2) is 9.40. The lowest BCUT2D eigenvalue weighted by Gasteiger charge is -2.30. The fraction of sp³-hybridized carbons (Fsp3) is 0.409. The lowest BCUT2D eigenvalue weighted by atomic mass is 9.96. The van der Waals surface area contributed by atoms with E-state index in [1.54, 1.807) is 11.3 Å². The van der Waals surface area contributed by atoms with Gasteiger partial charge in [0.2, 0.25) is 17.6 Å². The Balaban J connectivity index is 1.27. The smallest absolute Gasteiger partial charge is 0.241 e. The van der Waals surface area contributed by atoms with Crippen molar-refractivity contribution in [1.82, 2.24) is 15.0 Å². The van der Waals surface area contributed by atoms with Crippen LogP contribution in [0.4, 0.5) is 5.69 Å². The standard InChI is InChI=1S/C22H26N4O3S/c1-15(2)28-18-6-3-5-17(13-18)23-22(27)16-8-10-26(11-9-16)14-20-24-21(25-29-20)19-7-4-12-30-19/h3-7,12-13,15-16H,8-11,14H2,1-2H3,(H,23,27). The average Bonchev–Trinajstić information content (AvgIpc) is 3.40. The quantitative estimate of drug-likeness (QED) is 0.602. The fourth-order valence-corrected chi connectivity index (χ4v) is 4.18. The third kappa shape index (κ3) is 5.25. The molecule has 0 bridgehead atoms. The van der Waals surface area contributed by atoms with E-state index in [9.17, 15) is 4.79 Å². The number of benzene rings is 1. The normalized spacial score (nSPS) is 15.4. The van der Waals surface area contributed by atoms with Crippen molar-refractivity contribution in [3.05, 3.63) is 47.7 Å². The van der Waals surface area contributed by atoms with Crippen molar-refractivity contribution in [2.45, 2.75) is 39.3 Å². The summed E-state index contributed by atoms with van der Waals surface area (Å²) in [6, 6.07) is 11.5. The Kier molecular flexibility index (Phi) is 6.44. The number of amides is 1. The Morgan fingerprint density at radius 1 is 1.30 bits per heavy atom. The number of piperidine rings is 1. The highest BCUT2D eigenvalue weighted by molar-refractivity contribution is 7.13. The highest BCUT2D eigenvalue weighted by Gasteiger charge is 2.26. The van der Waals surface area contributed by atoms with Crippen LogP contribution in [0, 0.1) is 5.92 Å². The first kappa shape index (κ1) is 20.6. The predicted molar refractivity (Wildman–Crippen MR) is 116 cm³/mol. The van der Waals surface area contributed by atoms with Crippen LogP contribution in [0.1, 0.15) is 32.6 Å². The van der Waals surface area contributed by atoms with Gasteiger partial charge in [-0.2, -0.15) is 4.98 Å². The number of carbonyl (C=O) groups excluding carboxylic acids is 1. The molecule has 3 heterocycles. The third-order valence-corrected chi connectivity index (χ3v) is 5.87. The number of anilines is 1. The summed E-state index contributed by atoms with van der Waals surface area (Å²) in [6.07, 6.45) is 1.71. The molecule has 0 radical (unpaired) electrons. The first-order chi connectivity index (χ1) is 14.6. The van der Waals surface area contributed by atoms with Crippen LogP contribution in [-0.4, -0.2) is 40.1 Å². The summed E-state index contributed by atoms with van der Waals surface area (Å²) in [7, 11) is 0. The van der Waals surface area contributed by atoms with Crippen LogP contribution < -0.4 is 10.1 Å². The molecule has 3 aromatic rings. The monoisotopic (exact) mass is 426 g/mol. The van der Waals surface area contributed by atoms with Gasteiger partial charge < -0.3 is 14.6 Å². The number of nitrogens with zero attached hydrogens (tertiary/aromatic N) is 3. The molecule has 0 saturated carbocycles. The van der Waals surface area contributed by atoms with Crippen molar-refractivity contribution in [3.8, 4) is 16.5 Å². The Labute approximate surface area is 180 Å². The predicted octanol–water partition coefficient (Wildman–Crippen LogP) is 4.44. The summed E-state index contributed by atoms with van der Waals surface area (Å²) < 4.78 is 11.1. The highest BCUT2D eigenvalue weighted by atomic mass is 32.1. The number of likely N-dealkylation sites (tertiary alicyclic amines) is 1. The summed E-state index contributed by atoms with van der Waals surface area (Å²) in [5, 5.41) is 9.09. The van der Waals surface area contributed by atoms with E-state index >= 15 is 0 Å². The first-order valence-corrected chi connectivity index (χ1v) is 11.1. The minimum atomic E-state index is 0.000267. The number of ether oxygens (including phenoxy) is 1. The molecule has 1 amide bonds. The average molecular weight is 427 g/mol. The summed E-state index contributed by atoms with van der Waals surface area (Å²) >= 11 is 1.59. The van der Waals surface area contributed by atoms with E-state index in [2.05, 4.69) is 20.4 Å². The third-order valence-electron chi connectivity index (χ3n) is 5.00. The molecule has 158 valence electrons. The van der Waals surface area contributed by atoms with Crippen LogP contribution in [0.2, 0.25) is 0 Å². The van der Waals surface area contributed by atoms with Gasteiger partial charge in [-0.05, 0) is 63.4 Å². The van der Waals surface area contributed by atoms with Gasteiger partial charge in [-0.15, -0.1) is 11.3 Å². The number of thiophene rings is 1. The number of nitrogens with one attached hydrogen (secondary N) is 1. The second-order valence-electron chi connectivity index (χ2n) is 7.72. The zero-order chi connectivity index (χ0) is 20.9. The van der Waals surface area contributed by atoms with Crippen LogP contribution in [0.15, 0.2) is 46.3 Å². The minimum Gasteiger partial charge on any atom is -0.491 e. The molecule has 0 atom stereocenters. The number of rotatable bonds is 7. The molecule has 30 heavy (non-hydrogen) atoms. The maximum absolute atomic E-state index is 12.7. The van der Waals surface area contributed by atoms with Crippen LogP contribution in [-0.2, 0) is 11.3 Å². The van der Waals surface area contributed by atoms with E-state index in [4.69, 9.17) is 9.26 Å². The SMILES string of the molecule is CC(C)Oc1cccc(NC(=O)C2CCN(Cc3nc(-c4cccs4)no3)CC2)c1. The zero-order valence-electron chi connectivity index (χ0n) is 17.2. The van der Waals surface area contributed by atoms with E-state index < -0.39 is 0 Å². The van der Waals surface area contributed by atoms with E-state index in [0.717, 1.165) is 42.2 Å². The van der Waals surface area contributed by atoms with Crippen LogP contribution in [0.3, 0.4) is 0 Å². The van der Waals surface area contributed by atoms with Crippen molar-refractivity contribution in [2.75, 3.05) is 18.4 Å². The van der Waals surface area contributed by atoms with E-state index in [1.807, 2.05) is 55.6 Å². The van der Waals surface area contributed by atoms with Crippen molar-refractivity contribution in [2.24, 2.45) is 5.92 Å². The molecule has 1 fully saturated rings. The molecular weight excluding hydrogens is 400 g/mol. The molecule has 4 rings (SSSR count). The van der Waals surface area contributed by atoms with E-state index in [1.165, 1.54) is 0 Å². The minimum absolute atomic E-state index is 0.000267. The van der Waals surface area contributed by atoms with Gasteiger partial charge in [0, 0.05) is 17.7 Å². The molecule has 1 aromatic carbocycles. The molecule has 1 aliphatic heterocycles. The van der Waals surface area contributed by atoms with Gasteiger partial charge in [0.25, 0.3) is 0 Å². The summed E-state index contributed by atoms with van der Waals surface area (Å²) in [5.41, 5.74) is 0.771. The summed E-state index contributed by atoms with van der Waals surface area (Å²) in [6.45, 7) is 6.23. The zero-order valence-corrected chi connectivity index (χ0v) is 18.0. The molecule has 0 spiro atoms. The maximum Gasteiger partial charge on any atom is 0.241 e. The summed E-state index contributed by atoms with van der Waals surface area (Å²) in [4.78, 5) is 20.4. The topological polar surface area (TPSA) is 80.5 Å². The number of aromatic nitrogens is 2. The molecule has 8 heteroatoms. The lowest BCUT2D eigenvalue weighted by molar-refractivity contribution is -0.121. The molecule has 1 aliphatic rings. The summed E-state index contributed by atoms with van der Waals surface area (Å²) in [5.74, 6) is 2.08. The first-order valence-electron chi connectivity index (χ1n) is 10.2. The molecule has 7 nitrogen and oxygen atoms in total. The van der Waals surface area contributed by atoms with Gasteiger partial charge in [-0.25, -0.2) is 0 Å². The van der Waals surface area contributed by atoms with Gasteiger partial charge >= 0.3 is 0 Å². The Morgan fingerprint density at radius 3 is 2.87 bits per heavy atom. The Bertz CT molecular complexity index is 962. The maximum atomic E-state index is 12.7. The van der Waals surface area contributed by atoms with Crippen LogP contribution in [0.5, 0.6) is 5.75 Å². The fourth-order valence-electron chi connectivity index (χ4n) is 3.53. The van der Waals surface area contributed by atoms with Gasteiger partial charge in [-0.3, -0.25) is 9.69 Å². The number of carbonyl (C=O) groups is 1. The molecule has 2 aromatic heterocycles. The van der Waals surface area contributed by atoms with Crippen molar-refractivity contribution in [3.63, 3.8) is 0 Å². The van der Waals surface area contributed by atoms with Crippen molar-refractivity contribution >= 4 is 22.9 Å². The number of hydrogen-bond acceptors (Lipinski definition) is 7. The molecule has 0 aliphatic carbocycles. The molecular formula is C22H26N4O3S. The molecule has 0 unspecified atom stereocenters. The van der Waals surface area contributed by atoms with E-state index in [-0.39, 0.29) is 17.9 Å².